The van der Waals surface area contributed by atoms with Gasteiger partial charge in [-0.2, -0.15) is 0 Å². The highest BCUT2D eigenvalue weighted by molar-refractivity contribution is 5.47. The van der Waals surface area contributed by atoms with E-state index >= 15 is 0 Å². The predicted octanol–water partition coefficient (Wildman–Crippen LogP) is 0.619. The van der Waals surface area contributed by atoms with Crippen molar-refractivity contribution in [2.24, 2.45) is 5.84 Å². The average molecular weight is 192 g/mol. The molecular formula is C10H14N3O. The highest BCUT2D eigenvalue weighted by atomic mass is 16.1. The zero-order valence-corrected chi connectivity index (χ0v) is 8.10. The number of nitrogens with one attached hydrogen (secondary N) is 1. The molecule has 0 aromatic heterocycles. The van der Waals surface area contributed by atoms with Crippen LogP contribution in [-0.2, 0) is 4.79 Å². The Kier molecular flexibility index (Phi) is 3.94. The van der Waals surface area contributed by atoms with E-state index in [1.165, 1.54) is 0 Å². The number of hydrazine groups is 1. The van der Waals surface area contributed by atoms with Crippen molar-refractivity contribution in [2.45, 2.75) is 13.0 Å². The maximum atomic E-state index is 10.3. The first-order valence-electron chi connectivity index (χ1n) is 4.41. The molecule has 1 atom stereocenters. The van der Waals surface area contributed by atoms with Gasteiger partial charge in [-0.25, -0.2) is 5.84 Å². The fourth-order valence-corrected chi connectivity index (χ4v) is 1.17. The number of carbonyl (C=O) groups excluding carboxylic acids is 1. The van der Waals surface area contributed by atoms with Crippen molar-refractivity contribution in [1.29, 1.82) is 0 Å². The van der Waals surface area contributed by atoms with Crippen LogP contribution in [0.2, 0.25) is 0 Å². The minimum absolute atomic E-state index is 0.118. The maximum Gasteiger partial charge on any atom is 0.223 e. The van der Waals surface area contributed by atoms with E-state index in [9.17, 15) is 4.79 Å². The van der Waals surface area contributed by atoms with Crippen molar-refractivity contribution in [3.05, 3.63) is 30.3 Å². The molecule has 0 heterocycles. The second-order valence-corrected chi connectivity index (χ2v) is 3.14. The summed E-state index contributed by atoms with van der Waals surface area (Å²) < 4.78 is 0. The van der Waals surface area contributed by atoms with Gasteiger partial charge in [-0.05, 0) is 25.1 Å². The molecule has 4 nitrogen and oxygen atoms in total. The fraction of sp³-hybridized carbons (Fsp3) is 0.300. The molecule has 1 aromatic rings. The fourth-order valence-electron chi connectivity index (χ4n) is 1.17. The Labute approximate surface area is 83.7 Å². The number of benzene rings is 1. The molecule has 1 rings (SSSR count). The van der Waals surface area contributed by atoms with Gasteiger partial charge in [0.2, 0.25) is 6.41 Å². The summed E-state index contributed by atoms with van der Waals surface area (Å²) in [6, 6.07) is 10.5. The lowest BCUT2D eigenvalue weighted by Gasteiger charge is -2.18. The molecule has 0 saturated heterocycles. The summed E-state index contributed by atoms with van der Waals surface area (Å²) in [6.45, 7) is 2.43. The molecular weight excluding hydrogens is 178 g/mol. The van der Waals surface area contributed by atoms with Crippen LogP contribution in [0.4, 0.5) is 5.69 Å². The van der Waals surface area contributed by atoms with E-state index in [4.69, 9.17) is 5.84 Å². The van der Waals surface area contributed by atoms with Crippen LogP contribution in [0.15, 0.2) is 24.3 Å². The maximum absolute atomic E-state index is 10.3. The molecule has 14 heavy (non-hydrogen) atoms. The summed E-state index contributed by atoms with van der Waals surface area (Å²) in [5.41, 5.74) is 0.996. The second kappa shape index (κ2) is 5.24. The molecule has 0 fully saturated rings. The van der Waals surface area contributed by atoms with E-state index in [0.717, 1.165) is 10.7 Å². The predicted molar refractivity (Wildman–Crippen MR) is 55.3 cm³/mol. The number of rotatable bonds is 5. The van der Waals surface area contributed by atoms with Crippen LogP contribution in [0.1, 0.15) is 6.92 Å². The minimum atomic E-state index is 0.118. The van der Waals surface area contributed by atoms with Gasteiger partial charge in [-0.15, -0.1) is 0 Å². The monoisotopic (exact) mass is 192 g/mol. The van der Waals surface area contributed by atoms with Crippen molar-refractivity contribution >= 4 is 12.1 Å². The SMILES string of the molecule is CC(CN(N)C=O)Nc1cc[c]cc1. The van der Waals surface area contributed by atoms with Crippen LogP contribution in [0.3, 0.4) is 0 Å². The summed E-state index contributed by atoms with van der Waals surface area (Å²) >= 11 is 0. The Hall–Kier alpha value is -1.55. The van der Waals surface area contributed by atoms with Crippen molar-refractivity contribution in [2.75, 3.05) is 11.9 Å². The standard InChI is InChI=1S/C10H14N3O/c1-9(7-13(11)8-14)12-10-5-3-2-4-6-10/h3-6,8-9,12H,7,11H2,1H3. The van der Waals surface area contributed by atoms with Crippen LogP contribution in [0, 0.1) is 6.07 Å². The number of carbonyl (C=O) groups is 1. The first kappa shape index (κ1) is 10.5. The Balaban J connectivity index is 2.41. The molecule has 75 valence electrons. The van der Waals surface area contributed by atoms with Gasteiger partial charge in [0.15, 0.2) is 0 Å². The molecule has 0 saturated carbocycles. The quantitative estimate of drug-likeness (QED) is 0.311. The van der Waals surface area contributed by atoms with Crippen molar-refractivity contribution < 1.29 is 4.79 Å². The first-order chi connectivity index (χ1) is 6.72. The molecule has 0 bridgehead atoms. The largest absolute Gasteiger partial charge is 0.381 e. The summed E-state index contributed by atoms with van der Waals surface area (Å²) in [5, 5.41) is 4.32. The molecule has 0 aliphatic carbocycles. The van der Waals surface area contributed by atoms with Crippen LogP contribution in [0.25, 0.3) is 0 Å². The van der Waals surface area contributed by atoms with Gasteiger partial charge < -0.3 is 5.32 Å². The molecule has 1 radical (unpaired) electrons. The van der Waals surface area contributed by atoms with Gasteiger partial charge in [-0.3, -0.25) is 9.80 Å². The number of hydrogen-bond donors (Lipinski definition) is 2. The van der Waals surface area contributed by atoms with Crippen LogP contribution >= 0.6 is 0 Å². The number of hydrogen-bond acceptors (Lipinski definition) is 3. The number of amides is 1. The molecule has 0 aliphatic heterocycles. The Morgan fingerprint density at radius 2 is 2.29 bits per heavy atom. The van der Waals surface area contributed by atoms with Gasteiger partial charge in [0.1, 0.15) is 0 Å². The highest BCUT2D eigenvalue weighted by Gasteiger charge is 2.04. The Morgan fingerprint density at radius 3 is 2.86 bits per heavy atom. The topological polar surface area (TPSA) is 58.4 Å². The van der Waals surface area contributed by atoms with E-state index in [0.29, 0.717) is 13.0 Å². The third kappa shape index (κ3) is 3.45. The van der Waals surface area contributed by atoms with Crippen molar-refractivity contribution in [3.63, 3.8) is 0 Å². The third-order valence-electron chi connectivity index (χ3n) is 1.75. The molecule has 3 N–H and O–H groups in total. The van der Waals surface area contributed by atoms with E-state index in [2.05, 4.69) is 11.4 Å². The van der Waals surface area contributed by atoms with Gasteiger partial charge in [0.05, 0.1) is 6.54 Å². The summed E-state index contributed by atoms with van der Waals surface area (Å²) in [5.74, 6) is 5.35. The Morgan fingerprint density at radius 1 is 1.64 bits per heavy atom. The number of anilines is 1. The van der Waals surface area contributed by atoms with Crippen molar-refractivity contribution in [1.82, 2.24) is 5.01 Å². The molecule has 1 aromatic carbocycles. The van der Waals surface area contributed by atoms with Gasteiger partial charge in [-0.1, -0.05) is 12.1 Å². The van der Waals surface area contributed by atoms with Gasteiger partial charge in [0, 0.05) is 11.7 Å². The summed E-state index contributed by atoms with van der Waals surface area (Å²) in [4.78, 5) is 10.3. The minimum Gasteiger partial charge on any atom is -0.381 e. The lowest BCUT2D eigenvalue weighted by molar-refractivity contribution is -0.118. The summed E-state index contributed by atoms with van der Waals surface area (Å²) in [7, 11) is 0. The highest BCUT2D eigenvalue weighted by Crippen LogP contribution is 2.06. The van der Waals surface area contributed by atoms with Crippen LogP contribution in [-0.4, -0.2) is 24.0 Å². The van der Waals surface area contributed by atoms with E-state index < -0.39 is 0 Å². The average Bonchev–Trinajstić information content (AvgIpc) is 2.19. The number of nitrogens with two attached hydrogens (primary N) is 1. The van der Waals surface area contributed by atoms with Crippen LogP contribution in [0.5, 0.6) is 0 Å². The van der Waals surface area contributed by atoms with Gasteiger partial charge >= 0.3 is 0 Å². The molecule has 1 amide bonds. The third-order valence-corrected chi connectivity index (χ3v) is 1.75. The molecule has 1 unspecified atom stereocenters. The Bertz CT molecular complexity index is 276. The zero-order chi connectivity index (χ0) is 10.4. The van der Waals surface area contributed by atoms with Gasteiger partial charge in [0.25, 0.3) is 0 Å². The number of nitrogens with zero attached hydrogens (tertiary/aromatic N) is 1. The molecule has 4 heteroatoms. The smallest absolute Gasteiger partial charge is 0.223 e. The van der Waals surface area contributed by atoms with Crippen LogP contribution < -0.4 is 11.2 Å². The zero-order valence-electron chi connectivity index (χ0n) is 8.10. The summed E-state index contributed by atoms with van der Waals surface area (Å²) in [6.07, 6.45) is 0.608. The lowest BCUT2D eigenvalue weighted by atomic mass is 10.2. The first-order valence-corrected chi connectivity index (χ1v) is 4.41. The second-order valence-electron chi connectivity index (χ2n) is 3.14. The van der Waals surface area contributed by atoms with E-state index in [1.54, 1.807) is 0 Å². The lowest BCUT2D eigenvalue weighted by Crippen LogP contribution is -2.38. The van der Waals surface area contributed by atoms with E-state index in [1.807, 2.05) is 31.2 Å². The van der Waals surface area contributed by atoms with Crippen molar-refractivity contribution in [3.8, 4) is 0 Å². The molecule has 0 spiro atoms. The van der Waals surface area contributed by atoms with E-state index in [-0.39, 0.29) is 6.04 Å². The normalized spacial score (nSPS) is 11.9. The molecule has 0 aliphatic rings.